The van der Waals surface area contributed by atoms with Crippen LogP contribution in [-0.4, -0.2) is 31.3 Å². The lowest BCUT2D eigenvalue weighted by Crippen LogP contribution is -2.30. The van der Waals surface area contributed by atoms with Gasteiger partial charge in [0, 0.05) is 19.2 Å². The Balaban J connectivity index is 3.46. The summed E-state index contributed by atoms with van der Waals surface area (Å²) in [5.41, 5.74) is 0. The van der Waals surface area contributed by atoms with Gasteiger partial charge in [0.25, 0.3) is 0 Å². The first-order chi connectivity index (χ1) is 6.16. The van der Waals surface area contributed by atoms with E-state index in [1.807, 2.05) is 6.92 Å². The zero-order chi connectivity index (χ0) is 10.1. The van der Waals surface area contributed by atoms with Crippen molar-refractivity contribution in [3.8, 4) is 0 Å². The lowest BCUT2D eigenvalue weighted by Gasteiger charge is -2.01. The van der Waals surface area contributed by atoms with Gasteiger partial charge >= 0.3 is 0 Å². The molecule has 2 N–H and O–H groups in total. The van der Waals surface area contributed by atoms with Crippen LogP contribution in [0.15, 0.2) is 12.2 Å². The lowest BCUT2D eigenvalue weighted by atomic mass is 10.4. The first kappa shape index (κ1) is 11.8. The summed E-state index contributed by atoms with van der Waals surface area (Å²) in [6.07, 6.45) is 2.50. The minimum absolute atomic E-state index is 0.123. The number of hydrogen-bond acceptors (Lipinski definition) is 3. The van der Waals surface area contributed by atoms with E-state index in [2.05, 4.69) is 10.6 Å². The van der Waals surface area contributed by atoms with E-state index in [9.17, 15) is 9.59 Å². The molecule has 4 nitrogen and oxygen atoms in total. The topological polar surface area (TPSA) is 58.2 Å². The third-order valence-electron chi connectivity index (χ3n) is 1.32. The van der Waals surface area contributed by atoms with Gasteiger partial charge in [-0.25, -0.2) is 0 Å². The second kappa shape index (κ2) is 7.49. The molecule has 0 fully saturated rings. The standard InChI is InChI=1S/C9H16N2O2/c1-3-10-6-7-11-9(13)5-4-8(2)12/h4-5,10H,3,6-7H2,1-2H3,(H,11,13)/b5-4-. The molecule has 0 aromatic rings. The molecule has 0 aliphatic rings. The van der Waals surface area contributed by atoms with Crippen molar-refractivity contribution in [2.24, 2.45) is 0 Å². The van der Waals surface area contributed by atoms with Crippen molar-refractivity contribution in [3.63, 3.8) is 0 Å². The number of likely N-dealkylation sites (N-methyl/N-ethyl adjacent to an activating group) is 1. The van der Waals surface area contributed by atoms with Crippen molar-refractivity contribution in [2.45, 2.75) is 13.8 Å². The van der Waals surface area contributed by atoms with Crippen molar-refractivity contribution in [1.29, 1.82) is 0 Å². The fourth-order valence-corrected chi connectivity index (χ4v) is 0.703. The van der Waals surface area contributed by atoms with Crippen molar-refractivity contribution < 1.29 is 9.59 Å². The molecule has 74 valence electrons. The van der Waals surface area contributed by atoms with Crippen molar-refractivity contribution in [2.75, 3.05) is 19.6 Å². The molecule has 0 saturated carbocycles. The van der Waals surface area contributed by atoms with Gasteiger partial charge in [0.2, 0.25) is 5.91 Å². The van der Waals surface area contributed by atoms with Crippen molar-refractivity contribution >= 4 is 11.7 Å². The van der Waals surface area contributed by atoms with Crippen LogP contribution in [0.2, 0.25) is 0 Å². The fourth-order valence-electron chi connectivity index (χ4n) is 0.703. The largest absolute Gasteiger partial charge is 0.351 e. The van der Waals surface area contributed by atoms with E-state index in [1.54, 1.807) is 0 Å². The molecule has 0 spiro atoms. The minimum atomic E-state index is -0.229. The number of hydrogen-bond donors (Lipinski definition) is 2. The molecule has 1 amide bonds. The molecule has 0 aliphatic heterocycles. The minimum Gasteiger partial charge on any atom is -0.351 e. The fraction of sp³-hybridized carbons (Fsp3) is 0.556. The molecule has 4 heteroatoms. The Hall–Kier alpha value is -1.16. The zero-order valence-electron chi connectivity index (χ0n) is 8.09. The van der Waals surface area contributed by atoms with Gasteiger partial charge in [-0.3, -0.25) is 9.59 Å². The summed E-state index contributed by atoms with van der Waals surface area (Å²) in [5, 5.41) is 5.70. The van der Waals surface area contributed by atoms with Gasteiger partial charge in [-0.05, 0) is 19.5 Å². The van der Waals surface area contributed by atoms with E-state index in [4.69, 9.17) is 0 Å². The summed E-state index contributed by atoms with van der Waals surface area (Å²) in [5.74, 6) is -0.352. The average molecular weight is 184 g/mol. The Morgan fingerprint density at radius 1 is 1.23 bits per heavy atom. The second-order valence-corrected chi connectivity index (χ2v) is 2.59. The van der Waals surface area contributed by atoms with Crippen LogP contribution in [0.5, 0.6) is 0 Å². The molecule has 0 aromatic carbocycles. The molecule has 13 heavy (non-hydrogen) atoms. The highest BCUT2D eigenvalue weighted by molar-refractivity contribution is 5.96. The lowest BCUT2D eigenvalue weighted by molar-refractivity contribution is -0.117. The molecule has 0 aromatic heterocycles. The zero-order valence-corrected chi connectivity index (χ0v) is 8.09. The Morgan fingerprint density at radius 2 is 1.92 bits per heavy atom. The van der Waals surface area contributed by atoms with Gasteiger partial charge in [0.15, 0.2) is 5.78 Å². The van der Waals surface area contributed by atoms with E-state index in [0.29, 0.717) is 6.54 Å². The smallest absolute Gasteiger partial charge is 0.244 e. The molecule has 0 bridgehead atoms. The monoisotopic (exact) mass is 184 g/mol. The Labute approximate surface area is 78.4 Å². The highest BCUT2D eigenvalue weighted by Gasteiger charge is 1.93. The molecule has 0 atom stereocenters. The van der Waals surface area contributed by atoms with E-state index < -0.39 is 0 Å². The number of nitrogens with one attached hydrogen (secondary N) is 2. The highest BCUT2D eigenvalue weighted by atomic mass is 16.1. The normalized spacial score (nSPS) is 10.3. The summed E-state index contributed by atoms with van der Waals surface area (Å²) >= 11 is 0. The van der Waals surface area contributed by atoms with Gasteiger partial charge in [-0.2, -0.15) is 0 Å². The van der Waals surface area contributed by atoms with Crippen LogP contribution < -0.4 is 10.6 Å². The Morgan fingerprint density at radius 3 is 2.46 bits per heavy atom. The van der Waals surface area contributed by atoms with Gasteiger partial charge < -0.3 is 10.6 Å². The van der Waals surface area contributed by atoms with Gasteiger partial charge in [0.1, 0.15) is 0 Å². The average Bonchev–Trinajstić information content (AvgIpc) is 2.09. The highest BCUT2D eigenvalue weighted by Crippen LogP contribution is 1.75. The number of carbonyl (C=O) groups is 2. The predicted octanol–water partition coefficient (Wildman–Crippen LogP) is -0.143. The van der Waals surface area contributed by atoms with E-state index in [-0.39, 0.29) is 11.7 Å². The third kappa shape index (κ3) is 8.75. The Bertz CT molecular complexity index is 200. The van der Waals surface area contributed by atoms with Gasteiger partial charge in [0.05, 0.1) is 0 Å². The van der Waals surface area contributed by atoms with Crippen LogP contribution in [0.1, 0.15) is 13.8 Å². The maximum absolute atomic E-state index is 10.9. The summed E-state index contributed by atoms with van der Waals surface area (Å²) in [7, 11) is 0. The van der Waals surface area contributed by atoms with Crippen LogP contribution >= 0.6 is 0 Å². The number of rotatable bonds is 6. The number of amides is 1. The van der Waals surface area contributed by atoms with Crippen LogP contribution in [0.4, 0.5) is 0 Å². The maximum Gasteiger partial charge on any atom is 0.244 e. The maximum atomic E-state index is 10.9. The predicted molar refractivity (Wildman–Crippen MR) is 51.4 cm³/mol. The van der Waals surface area contributed by atoms with Gasteiger partial charge in [-0.15, -0.1) is 0 Å². The van der Waals surface area contributed by atoms with Crippen LogP contribution in [0.25, 0.3) is 0 Å². The molecule has 0 radical (unpaired) electrons. The summed E-state index contributed by atoms with van der Waals surface area (Å²) in [4.78, 5) is 21.4. The summed E-state index contributed by atoms with van der Waals surface area (Å²) < 4.78 is 0. The molecular weight excluding hydrogens is 168 g/mol. The SMILES string of the molecule is CCNCCNC(=O)/C=C\C(C)=O. The summed E-state index contributed by atoms with van der Waals surface area (Å²) in [6.45, 7) is 5.62. The molecule has 0 saturated heterocycles. The van der Waals surface area contributed by atoms with Gasteiger partial charge in [-0.1, -0.05) is 6.92 Å². The van der Waals surface area contributed by atoms with Crippen LogP contribution in [-0.2, 0) is 9.59 Å². The molecule has 0 aliphatic carbocycles. The Kier molecular flexibility index (Phi) is 6.82. The number of allylic oxidation sites excluding steroid dienone is 1. The van der Waals surface area contributed by atoms with Crippen LogP contribution in [0, 0.1) is 0 Å². The number of carbonyl (C=O) groups excluding carboxylic acids is 2. The van der Waals surface area contributed by atoms with Crippen molar-refractivity contribution in [3.05, 3.63) is 12.2 Å². The molecular formula is C9H16N2O2. The van der Waals surface area contributed by atoms with Crippen molar-refractivity contribution in [1.82, 2.24) is 10.6 Å². The first-order valence-electron chi connectivity index (χ1n) is 4.34. The molecule has 0 heterocycles. The number of ketones is 1. The summed E-state index contributed by atoms with van der Waals surface area (Å²) in [6, 6.07) is 0. The van der Waals surface area contributed by atoms with Crippen LogP contribution in [0.3, 0.4) is 0 Å². The van der Waals surface area contributed by atoms with E-state index >= 15 is 0 Å². The third-order valence-corrected chi connectivity index (χ3v) is 1.32. The first-order valence-corrected chi connectivity index (χ1v) is 4.34. The van der Waals surface area contributed by atoms with E-state index in [1.165, 1.54) is 19.1 Å². The quantitative estimate of drug-likeness (QED) is 0.446. The molecule has 0 unspecified atom stereocenters. The molecule has 0 rings (SSSR count). The second-order valence-electron chi connectivity index (χ2n) is 2.59. The van der Waals surface area contributed by atoms with E-state index in [0.717, 1.165) is 13.1 Å².